The summed E-state index contributed by atoms with van der Waals surface area (Å²) >= 11 is 6.14. The molecule has 2 saturated carbocycles. The number of fused-ring (bicyclic) bond motifs is 5. The highest BCUT2D eigenvalue weighted by atomic mass is 35.5. The normalized spacial score (nSPS) is 28.7. The van der Waals surface area contributed by atoms with E-state index in [-0.39, 0.29) is 29.4 Å². The Morgan fingerprint density at radius 1 is 0.926 bits per heavy atom. The fourth-order valence-electron chi connectivity index (χ4n) is 5.28. The average molecular weight is 380 g/mol. The molecular weight excluding hydrogens is 362 g/mol. The molecule has 5 rings (SSSR count). The Morgan fingerprint density at radius 3 is 2.19 bits per heavy atom. The summed E-state index contributed by atoms with van der Waals surface area (Å²) in [5.41, 5.74) is 1.15. The van der Waals surface area contributed by atoms with E-state index < -0.39 is 0 Å². The zero-order chi connectivity index (χ0) is 18.7. The van der Waals surface area contributed by atoms with Crippen molar-refractivity contribution in [3.63, 3.8) is 0 Å². The maximum Gasteiger partial charge on any atom is 0.237 e. The first-order valence-corrected chi connectivity index (χ1v) is 9.71. The van der Waals surface area contributed by atoms with Crippen molar-refractivity contribution in [2.75, 3.05) is 4.90 Å². The number of anilines is 1. The van der Waals surface area contributed by atoms with E-state index in [1.165, 1.54) is 4.90 Å². The SMILES string of the molecule is O=C(c1ccccc1)c1cc(Cl)ccc1N1C(=O)C2C3CCC(C3)C2C1=O. The molecule has 2 bridgehead atoms. The molecule has 136 valence electrons. The Morgan fingerprint density at radius 2 is 1.56 bits per heavy atom. The van der Waals surface area contributed by atoms with Gasteiger partial charge < -0.3 is 0 Å². The molecule has 27 heavy (non-hydrogen) atoms. The lowest BCUT2D eigenvalue weighted by Gasteiger charge is -2.20. The zero-order valence-electron chi connectivity index (χ0n) is 14.6. The number of imide groups is 1. The van der Waals surface area contributed by atoms with E-state index in [4.69, 9.17) is 11.6 Å². The molecule has 2 aliphatic carbocycles. The second kappa shape index (κ2) is 6.03. The summed E-state index contributed by atoms with van der Waals surface area (Å²) in [6, 6.07) is 13.6. The predicted octanol–water partition coefficient (Wildman–Crippen LogP) is 4.11. The van der Waals surface area contributed by atoms with Gasteiger partial charge in [0.1, 0.15) is 0 Å². The minimum atomic E-state index is -0.242. The summed E-state index contributed by atoms with van der Waals surface area (Å²) in [5.74, 6) is -0.362. The van der Waals surface area contributed by atoms with Gasteiger partial charge in [-0.05, 0) is 49.3 Å². The van der Waals surface area contributed by atoms with Gasteiger partial charge in [-0.1, -0.05) is 41.9 Å². The highest BCUT2D eigenvalue weighted by Crippen LogP contribution is 2.56. The highest BCUT2D eigenvalue weighted by Gasteiger charge is 2.61. The first kappa shape index (κ1) is 16.7. The Bertz CT molecular complexity index is 943. The molecule has 0 spiro atoms. The average Bonchev–Trinajstić information content (AvgIpc) is 3.36. The topological polar surface area (TPSA) is 54.5 Å². The molecule has 2 aromatic carbocycles. The maximum absolute atomic E-state index is 13.1. The number of benzene rings is 2. The van der Waals surface area contributed by atoms with Gasteiger partial charge in [-0.2, -0.15) is 0 Å². The summed E-state index contributed by atoms with van der Waals surface area (Å²) < 4.78 is 0. The van der Waals surface area contributed by atoms with Gasteiger partial charge in [0.05, 0.1) is 17.5 Å². The van der Waals surface area contributed by atoms with Gasteiger partial charge in [0.2, 0.25) is 11.8 Å². The van der Waals surface area contributed by atoms with E-state index in [0.29, 0.717) is 33.7 Å². The number of ketones is 1. The predicted molar refractivity (Wildman–Crippen MR) is 102 cm³/mol. The quantitative estimate of drug-likeness (QED) is 0.595. The standard InChI is InChI=1S/C22H18ClNO3/c23-15-8-9-17(16(11-15)20(25)12-4-2-1-3-5-12)24-21(26)18-13-6-7-14(10-13)19(18)22(24)27/h1-5,8-9,11,13-14,18-19H,6-7,10H2. The van der Waals surface area contributed by atoms with Crippen molar-refractivity contribution in [1.82, 2.24) is 0 Å². The number of hydrogen-bond donors (Lipinski definition) is 0. The van der Waals surface area contributed by atoms with Crippen molar-refractivity contribution in [1.29, 1.82) is 0 Å². The Labute approximate surface area is 162 Å². The molecule has 3 fully saturated rings. The molecule has 3 aliphatic rings. The van der Waals surface area contributed by atoms with Crippen LogP contribution < -0.4 is 4.90 Å². The van der Waals surface area contributed by atoms with Gasteiger partial charge >= 0.3 is 0 Å². The van der Waals surface area contributed by atoms with E-state index in [1.807, 2.05) is 6.07 Å². The third kappa shape index (κ3) is 2.39. The third-order valence-corrected chi connectivity index (χ3v) is 6.64. The Hall–Kier alpha value is -2.46. The van der Waals surface area contributed by atoms with Gasteiger partial charge in [0.15, 0.2) is 5.78 Å². The van der Waals surface area contributed by atoms with Crippen LogP contribution in [0.4, 0.5) is 5.69 Å². The lowest BCUT2D eigenvalue weighted by atomic mass is 9.81. The van der Waals surface area contributed by atoms with Gasteiger partial charge in [-0.3, -0.25) is 14.4 Å². The Kier molecular flexibility index (Phi) is 3.73. The van der Waals surface area contributed by atoms with Crippen LogP contribution in [0.5, 0.6) is 0 Å². The monoisotopic (exact) mass is 379 g/mol. The van der Waals surface area contributed by atoms with Crippen LogP contribution in [0.15, 0.2) is 48.5 Å². The van der Waals surface area contributed by atoms with Gasteiger partial charge in [0.25, 0.3) is 0 Å². The third-order valence-electron chi connectivity index (χ3n) is 6.41. The van der Waals surface area contributed by atoms with Crippen LogP contribution in [0.1, 0.15) is 35.2 Å². The molecule has 0 radical (unpaired) electrons. The summed E-state index contributed by atoms with van der Waals surface area (Å²) in [6.45, 7) is 0. The number of carbonyl (C=O) groups is 3. The number of amides is 2. The van der Waals surface area contributed by atoms with Crippen molar-refractivity contribution in [2.24, 2.45) is 23.7 Å². The first-order chi connectivity index (χ1) is 13.1. The van der Waals surface area contributed by atoms with Crippen LogP contribution in [0, 0.1) is 23.7 Å². The zero-order valence-corrected chi connectivity index (χ0v) is 15.4. The van der Waals surface area contributed by atoms with Gasteiger partial charge in [-0.25, -0.2) is 4.90 Å². The number of nitrogens with zero attached hydrogens (tertiary/aromatic N) is 1. The lowest BCUT2D eigenvalue weighted by Crippen LogP contribution is -2.34. The number of hydrogen-bond acceptors (Lipinski definition) is 3. The molecule has 5 heteroatoms. The second-order valence-corrected chi connectivity index (χ2v) is 8.19. The Balaban J connectivity index is 1.59. The van der Waals surface area contributed by atoms with Crippen LogP contribution in [-0.2, 0) is 9.59 Å². The molecule has 0 aromatic heterocycles. The van der Waals surface area contributed by atoms with Crippen LogP contribution in [0.2, 0.25) is 5.02 Å². The smallest absolute Gasteiger partial charge is 0.237 e. The summed E-state index contributed by atoms with van der Waals surface area (Å²) in [4.78, 5) is 40.6. The fraction of sp³-hybridized carbons (Fsp3) is 0.318. The molecule has 4 nitrogen and oxygen atoms in total. The minimum absolute atomic E-state index is 0.151. The number of rotatable bonds is 3. The van der Waals surface area contributed by atoms with E-state index in [9.17, 15) is 14.4 Å². The van der Waals surface area contributed by atoms with E-state index in [0.717, 1.165) is 19.3 Å². The minimum Gasteiger partial charge on any atom is -0.289 e. The number of halogens is 1. The van der Waals surface area contributed by atoms with Crippen molar-refractivity contribution < 1.29 is 14.4 Å². The van der Waals surface area contributed by atoms with Crippen LogP contribution in [0.3, 0.4) is 0 Å². The molecule has 4 atom stereocenters. The fourth-order valence-corrected chi connectivity index (χ4v) is 5.45. The molecule has 2 amide bonds. The van der Waals surface area contributed by atoms with Crippen molar-refractivity contribution in [3.05, 3.63) is 64.7 Å². The summed E-state index contributed by atoms with van der Waals surface area (Å²) in [6.07, 6.45) is 3.03. The number of carbonyl (C=O) groups excluding carboxylic acids is 3. The highest BCUT2D eigenvalue weighted by molar-refractivity contribution is 6.32. The van der Waals surface area contributed by atoms with Gasteiger partial charge in [0, 0.05) is 16.1 Å². The maximum atomic E-state index is 13.1. The molecule has 4 unspecified atom stereocenters. The molecular formula is C22H18ClNO3. The van der Waals surface area contributed by atoms with Crippen molar-refractivity contribution >= 4 is 34.9 Å². The van der Waals surface area contributed by atoms with Crippen LogP contribution in [0.25, 0.3) is 0 Å². The lowest BCUT2D eigenvalue weighted by molar-refractivity contribution is -0.123. The van der Waals surface area contributed by atoms with E-state index >= 15 is 0 Å². The molecule has 2 aromatic rings. The van der Waals surface area contributed by atoms with Crippen LogP contribution >= 0.6 is 11.6 Å². The second-order valence-electron chi connectivity index (χ2n) is 7.75. The van der Waals surface area contributed by atoms with Crippen LogP contribution in [-0.4, -0.2) is 17.6 Å². The van der Waals surface area contributed by atoms with E-state index in [1.54, 1.807) is 42.5 Å². The van der Waals surface area contributed by atoms with Crippen molar-refractivity contribution in [3.8, 4) is 0 Å². The molecule has 1 heterocycles. The molecule has 1 saturated heterocycles. The summed E-state index contributed by atoms with van der Waals surface area (Å²) in [7, 11) is 0. The van der Waals surface area contributed by atoms with E-state index in [2.05, 4.69) is 0 Å². The van der Waals surface area contributed by atoms with Crippen molar-refractivity contribution in [2.45, 2.75) is 19.3 Å². The summed E-state index contributed by atoms with van der Waals surface area (Å²) in [5, 5.41) is 0.400. The largest absolute Gasteiger partial charge is 0.289 e. The first-order valence-electron chi connectivity index (χ1n) is 9.33. The molecule has 1 aliphatic heterocycles. The van der Waals surface area contributed by atoms with Gasteiger partial charge in [-0.15, -0.1) is 0 Å². The molecule has 0 N–H and O–H groups in total.